The summed E-state index contributed by atoms with van der Waals surface area (Å²) in [4.78, 5) is 28.3. The number of hydrogen-bond acceptors (Lipinski definition) is 7. The number of halogens is 1. The molecule has 180 valence electrons. The molecule has 4 rings (SSSR count). The first-order valence-electron chi connectivity index (χ1n) is 11.2. The van der Waals surface area contributed by atoms with E-state index in [1.165, 1.54) is 17.0 Å². The monoisotopic (exact) mass is 470 g/mol. The first kappa shape index (κ1) is 23.7. The number of piperidine rings is 1. The molecule has 1 aromatic carbocycles. The Bertz CT molecular complexity index is 1120. The molecule has 0 bridgehead atoms. The number of aliphatic hydroxyl groups is 2. The van der Waals surface area contributed by atoms with Crippen molar-refractivity contribution in [3.8, 4) is 6.07 Å². The van der Waals surface area contributed by atoms with Crippen molar-refractivity contribution < 1.29 is 24.2 Å². The lowest BCUT2D eigenvalue weighted by atomic mass is 9.95. The van der Waals surface area contributed by atoms with Crippen molar-refractivity contribution in [1.82, 2.24) is 20.0 Å². The van der Waals surface area contributed by atoms with E-state index in [2.05, 4.69) is 10.4 Å². The van der Waals surface area contributed by atoms with E-state index in [1.54, 1.807) is 24.0 Å². The molecule has 11 heteroatoms. The van der Waals surface area contributed by atoms with E-state index < -0.39 is 29.8 Å². The molecule has 0 unspecified atom stereocenters. The van der Waals surface area contributed by atoms with Crippen molar-refractivity contribution in [2.24, 2.45) is 13.0 Å². The third-order valence-corrected chi connectivity index (χ3v) is 6.58. The van der Waals surface area contributed by atoms with Crippen molar-refractivity contribution in [3.63, 3.8) is 0 Å². The highest BCUT2D eigenvalue weighted by atomic mass is 19.1. The predicted molar refractivity (Wildman–Crippen MR) is 119 cm³/mol. The molecule has 2 aliphatic heterocycles. The standard InChI is InChI=1S/C23H27FN6O4/c1-28-19-13-30(12-16(19)11-27-28)23(34)21(32)20(31)22(33)26-10-14-4-6-29(7-5-14)18-3-2-17(24)8-15(18)9-25/h2-3,8,11,14,20-21,31-32H,4-7,10,12-13H2,1H3,(H,26,33)/t20-,21-/m1/s1. The molecule has 0 radical (unpaired) electrons. The van der Waals surface area contributed by atoms with Crippen LogP contribution in [0.15, 0.2) is 24.4 Å². The summed E-state index contributed by atoms with van der Waals surface area (Å²) in [6.45, 7) is 2.09. The third kappa shape index (κ3) is 4.73. The van der Waals surface area contributed by atoms with E-state index >= 15 is 0 Å². The molecular formula is C23H27FN6O4. The van der Waals surface area contributed by atoms with Gasteiger partial charge in [0.1, 0.15) is 11.9 Å². The quantitative estimate of drug-likeness (QED) is 0.542. The number of nitriles is 1. The summed E-state index contributed by atoms with van der Waals surface area (Å²) in [6.07, 6.45) is -0.625. The first-order valence-corrected chi connectivity index (χ1v) is 11.2. The molecule has 3 heterocycles. The lowest BCUT2D eigenvalue weighted by Gasteiger charge is -2.34. The lowest BCUT2D eigenvalue weighted by molar-refractivity contribution is -0.153. The Morgan fingerprint density at radius 1 is 1.26 bits per heavy atom. The number of carbonyl (C=O) groups excluding carboxylic acids is 2. The second-order valence-corrected chi connectivity index (χ2v) is 8.77. The number of anilines is 1. The molecule has 2 aromatic rings. The van der Waals surface area contributed by atoms with Crippen LogP contribution in [0.1, 0.15) is 29.7 Å². The van der Waals surface area contributed by atoms with E-state index in [0.717, 1.165) is 24.1 Å². The van der Waals surface area contributed by atoms with Gasteiger partial charge in [-0.05, 0) is 37.0 Å². The minimum absolute atomic E-state index is 0.131. The van der Waals surface area contributed by atoms with Crippen LogP contribution in [0, 0.1) is 23.1 Å². The van der Waals surface area contributed by atoms with E-state index in [9.17, 15) is 29.5 Å². The molecule has 34 heavy (non-hydrogen) atoms. The van der Waals surface area contributed by atoms with Crippen molar-refractivity contribution in [2.75, 3.05) is 24.5 Å². The Morgan fingerprint density at radius 3 is 2.68 bits per heavy atom. The van der Waals surface area contributed by atoms with Crippen LogP contribution in [0.25, 0.3) is 0 Å². The second-order valence-electron chi connectivity index (χ2n) is 8.77. The van der Waals surface area contributed by atoms with E-state index in [-0.39, 0.29) is 24.6 Å². The highest BCUT2D eigenvalue weighted by Gasteiger charge is 2.36. The van der Waals surface area contributed by atoms with Gasteiger partial charge in [0.05, 0.1) is 29.7 Å². The van der Waals surface area contributed by atoms with Gasteiger partial charge < -0.3 is 25.3 Å². The molecule has 0 aliphatic carbocycles. The predicted octanol–water partition coefficient (Wildman–Crippen LogP) is 0.0277. The Kier molecular flexibility index (Phi) is 6.81. The molecule has 1 saturated heterocycles. The van der Waals surface area contributed by atoms with Crippen molar-refractivity contribution in [1.29, 1.82) is 5.26 Å². The molecular weight excluding hydrogens is 443 g/mol. The number of hydrogen-bond donors (Lipinski definition) is 3. The number of nitrogens with zero attached hydrogens (tertiary/aromatic N) is 5. The van der Waals surface area contributed by atoms with E-state index in [4.69, 9.17) is 0 Å². The smallest absolute Gasteiger partial charge is 0.255 e. The zero-order valence-corrected chi connectivity index (χ0v) is 18.8. The number of aryl methyl sites for hydroxylation is 1. The highest BCUT2D eigenvalue weighted by molar-refractivity contribution is 5.90. The molecule has 0 saturated carbocycles. The fourth-order valence-corrected chi connectivity index (χ4v) is 4.51. The summed E-state index contributed by atoms with van der Waals surface area (Å²) in [6, 6.07) is 6.16. The number of aliphatic hydroxyl groups excluding tert-OH is 2. The van der Waals surface area contributed by atoms with Gasteiger partial charge in [-0.3, -0.25) is 14.3 Å². The summed E-state index contributed by atoms with van der Waals surface area (Å²) < 4.78 is 15.0. The average Bonchev–Trinajstić information content (AvgIpc) is 3.43. The second kappa shape index (κ2) is 9.79. The number of amides is 2. The van der Waals surface area contributed by atoms with Gasteiger partial charge in [-0.15, -0.1) is 0 Å². The van der Waals surface area contributed by atoms with Crippen molar-refractivity contribution in [3.05, 3.63) is 47.0 Å². The SMILES string of the molecule is Cn1ncc2c1CN(C(=O)[C@H](O)[C@@H](O)C(=O)NCC1CCN(c3ccc(F)cc3C#N)CC1)C2. The van der Waals surface area contributed by atoms with E-state index in [1.807, 2.05) is 11.0 Å². The maximum Gasteiger partial charge on any atom is 0.255 e. The molecule has 2 atom stereocenters. The zero-order chi connectivity index (χ0) is 24.4. The largest absolute Gasteiger partial charge is 0.380 e. The molecule has 0 spiro atoms. The van der Waals surface area contributed by atoms with Crippen LogP contribution in [-0.4, -0.2) is 68.6 Å². The fourth-order valence-electron chi connectivity index (χ4n) is 4.51. The van der Waals surface area contributed by atoms with Crippen LogP contribution < -0.4 is 10.2 Å². The van der Waals surface area contributed by atoms with Crippen molar-refractivity contribution in [2.45, 2.75) is 38.1 Å². The molecule has 10 nitrogen and oxygen atoms in total. The van der Waals surface area contributed by atoms with Crippen LogP contribution in [0.4, 0.5) is 10.1 Å². The summed E-state index contributed by atoms with van der Waals surface area (Å²) in [5.41, 5.74) is 2.69. The van der Waals surface area contributed by atoms with Crippen LogP contribution in [0.2, 0.25) is 0 Å². The van der Waals surface area contributed by atoms with Gasteiger partial charge in [-0.2, -0.15) is 10.4 Å². The van der Waals surface area contributed by atoms with Gasteiger partial charge in [-0.1, -0.05) is 0 Å². The lowest BCUT2D eigenvalue weighted by Crippen LogP contribution is -2.50. The Morgan fingerprint density at radius 2 is 2.00 bits per heavy atom. The maximum absolute atomic E-state index is 13.4. The minimum atomic E-state index is -1.87. The topological polar surface area (TPSA) is 135 Å². The van der Waals surface area contributed by atoms with Gasteiger partial charge in [-0.25, -0.2) is 4.39 Å². The van der Waals surface area contributed by atoms with Gasteiger partial charge >= 0.3 is 0 Å². The van der Waals surface area contributed by atoms with Gasteiger partial charge in [0.15, 0.2) is 12.2 Å². The van der Waals surface area contributed by atoms with Crippen LogP contribution in [-0.2, 0) is 29.7 Å². The molecule has 1 fully saturated rings. The summed E-state index contributed by atoms with van der Waals surface area (Å²) in [5, 5.41) is 36.5. The van der Waals surface area contributed by atoms with E-state index in [0.29, 0.717) is 25.3 Å². The van der Waals surface area contributed by atoms with Gasteiger partial charge in [0.25, 0.3) is 11.8 Å². The third-order valence-electron chi connectivity index (χ3n) is 6.58. The van der Waals surface area contributed by atoms with Crippen molar-refractivity contribution >= 4 is 17.5 Å². The minimum Gasteiger partial charge on any atom is -0.380 e. The molecule has 1 aromatic heterocycles. The summed E-state index contributed by atoms with van der Waals surface area (Å²) in [7, 11) is 1.76. The molecule has 3 N–H and O–H groups in total. The number of carbonyl (C=O) groups is 2. The fraction of sp³-hybridized carbons (Fsp3) is 0.478. The number of rotatable bonds is 6. The van der Waals surface area contributed by atoms with Crippen LogP contribution in [0.3, 0.4) is 0 Å². The molecule has 2 aliphatic rings. The number of benzene rings is 1. The first-order chi connectivity index (χ1) is 16.3. The Balaban J connectivity index is 1.24. The number of fused-ring (bicyclic) bond motifs is 1. The van der Waals surface area contributed by atoms with Gasteiger partial charge in [0, 0.05) is 38.8 Å². The zero-order valence-electron chi connectivity index (χ0n) is 18.8. The van der Waals surface area contributed by atoms with Crippen LogP contribution in [0.5, 0.6) is 0 Å². The number of nitrogens with one attached hydrogen (secondary N) is 1. The summed E-state index contributed by atoms with van der Waals surface area (Å²) >= 11 is 0. The normalized spacial score (nSPS) is 17.7. The Hall–Kier alpha value is -3.49. The number of aromatic nitrogens is 2. The Labute approximate surface area is 196 Å². The maximum atomic E-state index is 13.4. The summed E-state index contributed by atoms with van der Waals surface area (Å²) in [5.74, 6) is -1.83. The van der Waals surface area contributed by atoms with Gasteiger partial charge in [0.2, 0.25) is 0 Å². The highest BCUT2D eigenvalue weighted by Crippen LogP contribution is 2.27. The molecule has 2 amide bonds. The average molecular weight is 471 g/mol. The van der Waals surface area contributed by atoms with Crippen LogP contribution >= 0.6 is 0 Å².